The molecule has 0 amide bonds. The molecule has 1 aromatic rings. The molecule has 0 radical (unpaired) electrons. The van der Waals surface area contributed by atoms with Crippen LogP contribution in [0.2, 0.25) is 0 Å². The van der Waals surface area contributed by atoms with E-state index >= 15 is 0 Å². The van der Waals surface area contributed by atoms with E-state index in [0.29, 0.717) is 24.7 Å². The Morgan fingerprint density at radius 1 is 1.10 bits per heavy atom. The van der Waals surface area contributed by atoms with Crippen molar-refractivity contribution in [1.29, 1.82) is 0 Å². The van der Waals surface area contributed by atoms with Crippen LogP contribution >= 0.6 is 0 Å². The van der Waals surface area contributed by atoms with E-state index in [-0.39, 0.29) is 12.0 Å². The van der Waals surface area contributed by atoms with Crippen LogP contribution in [0, 0.1) is 5.41 Å². The second-order valence-electron chi connectivity index (χ2n) is 6.16. The van der Waals surface area contributed by atoms with Crippen LogP contribution in [0.15, 0.2) is 12.1 Å². The molecule has 0 aromatic heterocycles. The molecular formula is C16H24N2O3. The molecule has 4 N–H and O–H groups in total. The van der Waals surface area contributed by atoms with Crippen molar-refractivity contribution < 1.29 is 14.6 Å². The highest BCUT2D eigenvalue weighted by molar-refractivity contribution is 5.72. The Balaban J connectivity index is 1.72. The molecule has 0 spiro atoms. The minimum Gasteiger partial charge on any atom is -0.486 e. The summed E-state index contributed by atoms with van der Waals surface area (Å²) in [5.74, 6) is 1.44. The van der Waals surface area contributed by atoms with Crippen molar-refractivity contribution in [3.05, 3.63) is 12.1 Å². The second-order valence-corrected chi connectivity index (χ2v) is 6.16. The number of anilines is 2. The molecule has 3 rings (SSSR count). The summed E-state index contributed by atoms with van der Waals surface area (Å²) in [6.45, 7) is 2.10. The molecule has 0 unspecified atom stereocenters. The first-order valence-electron chi connectivity index (χ1n) is 7.76. The predicted molar refractivity (Wildman–Crippen MR) is 82.9 cm³/mol. The number of nitrogens with one attached hydrogen (secondary N) is 1. The van der Waals surface area contributed by atoms with Crippen LogP contribution in [-0.4, -0.2) is 31.5 Å². The van der Waals surface area contributed by atoms with Gasteiger partial charge in [0, 0.05) is 24.1 Å². The van der Waals surface area contributed by atoms with Gasteiger partial charge >= 0.3 is 0 Å². The zero-order valence-corrected chi connectivity index (χ0v) is 12.4. The lowest BCUT2D eigenvalue weighted by molar-refractivity contribution is 0.0944. The maximum atomic E-state index is 9.76. The predicted octanol–water partition coefficient (Wildman–Crippen LogP) is 2.39. The van der Waals surface area contributed by atoms with Crippen LogP contribution < -0.4 is 20.5 Å². The molecule has 1 saturated carbocycles. The number of rotatable bonds is 4. The van der Waals surface area contributed by atoms with Gasteiger partial charge in [0.1, 0.15) is 13.2 Å². The van der Waals surface area contributed by atoms with Crippen LogP contribution in [0.5, 0.6) is 11.5 Å². The molecule has 116 valence electrons. The van der Waals surface area contributed by atoms with Crippen molar-refractivity contribution in [2.75, 3.05) is 37.4 Å². The number of fused-ring (bicyclic) bond motifs is 1. The first-order valence-corrected chi connectivity index (χ1v) is 7.76. The Hall–Kier alpha value is -1.62. The van der Waals surface area contributed by atoms with Gasteiger partial charge in [-0.3, -0.25) is 0 Å². The lowest BCUT2D eigenvalue weighted by Gasteiger charge is -2.36. The van der Waals surface area contributed by atoms with Gasteiger partial charge in [-0.05, 0) is 12.8 Å². The minimum atomic E-state index is -0.0159. The molecule has 5 nitrogen and oxygen atoms in total. The first kappa shape index (κ1) is 14.3. The number of nitrogen functional groups attached to an aromatic ring is 1. The standard InChI is InChI=1S/C16H24N2O3/c17-12-8-14-15(21-7-6-20-14)9-13(12)18-10-16(11-19)4-2-1-3-5-16/h8-9,18-19H,1-7,10-11,17H2. The van der Waals surface area contributed by atoms with Crippen molar-refractivity contribution in [3.8, 4) is 11.5 Å². The van der Waals surface area contributed by atoms with Crippen LogP contribution in [0.1, 0.15) is 32.1 Å². The third kappa shape index (κ3) is 3.02. The molecule has 0 saturated heterocycles. The third-order valence-corrected chi connectivity index (χ3v) is 4.62. The fraction of sp³-hybridized carbons (Fsp3) is 0.625. The number of aliphatic hydroxyl groups excluding tert-OH is 1. The van der Waals surface area contributed by atoms with Crippen LogP contribution in [0.25, 0.3) is 0 Å². The highest BCUT2D eigenvalue weighted by Crippen LogP contribution is 2.39. The molecule has 1 heterocycles. The molecule has 1 fully saturated rings. The van der Waals surface area contributed by atoms with E-state index in [1.807, 2.05) is 12.1 Å². The van der Waals surface area contributed by atoms with E-state index in [9.17, 15) is 5.11 Å². The molecule has 0 atom stereocenters. The highest BCUT2D eigenvalue weighted by atomic mass is 16.6. The average Bonchev–Trinajstić information content (AvgIpc) is 2.54. The first-order chi connectivity index (χ1) is 10.2. The van der Waals surface area contributed by atoms with E-state index in [4.69, 9.17) is 15.2 Å². The Kier molecular flexibility index (Phi) is 4.10. The number of ether oxygens (including phenoxy) is 2. The fourth-order valence-corrected chi connectivity index (χ4v) is 3.23. The number of hydrogen-bond donors (Lipinski definition) is 3. The summed E-state index contributed by atoms with van der Waals surface area (Å²) in [5.41, 5.74) is 7.58. The molecule has 5 heteroatoms. The molecule has 21 heavy (non-hydrogen) atoms. The lowest BCUT2D eigenvalue weighted by atomic mass is 9.74. The van der Waals surface area contributed by atoms with Gasteiger partial charge in [-0.25, -0.2) is 0 Å². The molecular weight excluding hydrogens is 268 g/mol. The SMILES string of the molecule is Nc1cc2c(cc1NCC1(CO)CCCCC1)OCCO2. The summed E-state index contributed by atoms with van der Waals surface area (Å²) in [4.78, 5) is 0. The highest BCUT2D eigenvalue weighted by Gasteiger charge is 2.31. The van der Waals surface area contributed by atoms with Crippen molar-refractivity contribution in [2.24, 2.45) is 5.41 Å². The molecule has 1 aliphatic carbocycles. The smallest absolute Gasteiger partial charge is 0.163 e. The van der Waals surface area contributed by atoms with Crippen LogP contribution in [0.3, 0.4) is 0 Å². The number of aliphatic hydroxyl groups is 1. The maximum Gasteiger partial charge on any atom is 0.163 e. The largest absolute Gasteiger partial charge is 0.486 e. The van der Waals surface area contributed by atoms with Crippen molar-refractivity contribution in [2.45, 2.75) is 32.1 Å². The minimum absolute atomic E-state index is 0.0159. The monoisotopic (exact) mass is 292 g/mol. The summed E-state index contributed by atoms with van der Waals surface area (Å²) in [7, 11) is 0. The van der Waals surface area contributed by atoms with E-state index in [2.05, 4.69) is 5.32 Å². The third-order valence-electron chi connectivity index (χ3n) is 4.62. The second kappa shape index (κ2) is 6.02. The summed E-state index contributed by atoms with van der Waals surface area (Å²) in [6.07, 6.45) is 5.80. The lowest BCUT2D eigenvalue weighted by Crippen LogP contribution is -2.35. The van der Waals surface area contributed by atoms with Crippen molar-refractivity contribution in [1.82, 2.24) is 0 Å². The summed E-state index contributed by atoms with van der Waals surface area (Å²) in [5, 5.41) is 13.2. The maximum absolute atomic E-state index is 9.76. The molecule has 1 aromatic carbocycles. The van der Waals surface area contributed by atoms with Crippen molar-refractivity contribution in [3.63, 3.8) is 0 Å². The van der Waals surface area contributed by atoms with Gasteiger partial charge in [0.15, 0.2) is 11.5 Å². The normalized spacial score (nSPS) is 20.0. The molecule has 0 bridgehead atoms. The van der Waals surface area contributed by atoms with E-state index in [0.717, 1.165) is 30.8 Å². The fourth-order valence-electron chi connectivity index (χ4n) is 3.23. The topological polar surface area (TPSA) is 76.7 Å². The Bertz CT molecular complexity index is 499. The Morgan fingerprint density at radius 2 is 1.76 bits per heavy atom. The average molecular weight is 292 g/mol. The summed E-state index contributed by atoms with van der Waals surface area (Å²) >= 11 is 0. The number of benzene rings is 1. The van der Waals surface area contributed by atoms with Gasteiger partial charge in [0.2, 0.25) is 0 Å². The summed E-state index contributed by atoms with van der Waals surface area (Å²) < 4.78 is 11.1. The van der Waals surface area contributed by atoms with Gasteiger partial charge in [0.05, 0.1) is 18.0 Å². The van der Waals surface area contributed by atoms with E-state index in [1.165, 1.54) is 19.3 Å². The van der Waals surface area contributed by atoms with Gasteiger partial charge in [0.25, 0.3) is 0 Å². The Morgan fingerprint density at radius 3 is 2.43 bits per heavy atom. The van der Waals surface area contributed by atoms with Gasteiger partial charge in [-0.15, -0.1) is 0 Å². The van der Waals surface area contributed by atoms with E-state index in [1.54, 1.807) is 0 Å². The van der Waals surface area contributed by atoms with Gasteiger partial charge in [-0.1, -0.05) is 19.3 Å². The van der Waals surface area contributed by atoms with Gasteiger partial charge < -0.3 is 25.6 Å². The molecule has 1 aliphatic heterocycles. The molecule has 2 aliphatic rings. The quantitative estimate of drug-likeness (QED) is 0.743. The number of nitrogens with two attached hydrogens (primary N) is 1. The zero-order valence-electron chi connectivity index (χ0n) is 12.4. The zero-order chi connectivity index (χ0) is 14.7. The van der Waals surface area contributed by atoms with Gasteiger partial charge in [-0.2, -0.15) is 0 Å². The van der Waals surface area contributed by atoms with Crippen LogP contribution in [-0.2, 0) is 0 Å². The number of hydrogen-bond acceptors (Lipinski definition) is 5. The summed E-state index contributed by atoms with van der Waals surface area (Å²) in [6, 6.07) is 3.71. The van der Waals surface area contributed by atoms with Crippen molar-refractivity contribution >= 4 is 11.4 Å². The van der Waals surface area contributed by atoms with Crippen LogP contribution in [0.4, 0.5) is 11.4 Å². The Labute approximate surface area is 125 Å². The van der Waals surface area contributed by atoms with E-state index < -0.39 is 0 Å².